The zero-order chi connectivity index (χ0) is 18.2. The Bertz CT molecular complexity index is 952. The molecule has 1 N–H and O–H groups in total. The molecular formula is C22H23ClN4. The van der Waals surface area contributed by atoms with Gasteiger partial charge in [-0.2, -0.15) is 0 Å². The number of rotatable bonds is 5. The molecule has 1 unspecified atom stereocenters. The lowest BCUT2D eigenvalue weighted by atomic mass is 10.0. The molecule has 1 atom stereocenters. The summed E-state index contributed by atoms with van der Waals surface area (Å²) in [5.74, 6) is 1.84. The third-order valence-electron chi connectivity index (χ3n) is 5.63. The summed E-state index contributed by atoms with van der Waals surface area (Å²) in [7, 11) is 0. The SMILES string of the molecule is Clc1ccc(-c2nnc(NC3CCN(CC4CC4)C3)c3ccccc23)cc1. The van der Waals surface area contributed by atoms with Gasteiger partial charge < -0.3 is 10.2 Å². The Kier molecular flexibility index (Phi) is 4.46. The number of benzene rings is 2. The van der Waals surface area contributed by atoms with Crippen molar-refractivity contribution in [2.24, 2.45) is 5.92 Å². The van der Waals surface area contributed by atoms with E-state index in [4.69, 9.17) is 11.6 Å². The van der Waals surface area contributed by atoms with E-state index in [9.17, 15) is 0 Å². The minimum atomic E-state index is 0.447. The summed E-state index contributed by atoms with van der Waals surface area (Å²) in [4.78, 5) is 2.59. The van der Waals surface area contributed by atoms with Crippen LogP contribution >= 0.6 is 11.6 Å². The molecule has 5 heteroatoms. The van der Waals surface area contributed by atoms with Crippen LogP contribution in [0.4, 0.5) is 5.82 Å². The fourth-order valence-electron chi connectivity index (χ4n) is 4.01. The van der Waals surface area contributed by atoms with Crippen LogP contribution in [-0.4, -0.2) is 40.8 Å². The van der Waals surface area contributed by atoms with Gasteiger partial charge in [0.1, 0.15) is 5.69 Å². The molecule has 138 valence electrons. The van der Waals surface area contributed by atoms with Crippen LogP contribution in [0.2, 0.25) is 5.02 Å². The molecule has 0 spiro atoms. The molecule has 2 aliphatic rings. The summed E-state index contributed by atoms with van der Waals surface area (Å²) < 4.78 is 0. The van der Waals surface area contributed by atoms with Crippen molar-refractivity contribution in [3.8, 4) is 11.3 Å². The summed E-state index contributed by atoms with van der Waals surface area (Å²) >= 11 is 6.03. The van der Waals surface area contributed by atoms with Crippen LogP contribution in [-0.2, 0) is 0 Å². The molecule has 0 amide bonds. The number of likely N-dealkylation sites (tertiary alicyclic amines) is 1. The maximum absolute atomic E-state index is 6.03. The summed E-state index contributed by atoms with van der Waals surface area (Å²) in [5, 5.41) is 15.7. The number of anilines is 1. The maximum Gasteiger partial charge on any atom is 0.156 e. The van der Waals surface area contributed by atoms with Crippen molar-refractivity contribution in [1.82, 2.24) is 15.1 Å². The molecule has 1 saturated carbocycles. The van der Waals surface area contributed by atoms with E-state index in [1.165, 1.54) is 32.4 Å². The molecule has 2 heterocycles. The Morgan fingerprint density at radius 2 is 1.74 bits per heavy atom. The highest BCUT2D eigenvalue weighted by Gasteiger charge is 2.29. The summed E-state index contributed by atoms with van der Waals surface area (Å²) in [6.45, 7) is 3.55. The first-order chi connectivity index (χ1) is 13.3. The van der Waals surface area contributed by atoms with E-state index in [0.717, 1.165) is 45.3 Å². The van der Waals surface area contributed by atoms with E-state index < -0.39 is 0 Å². The molecule has 1 aromatic heterocycles. The first kappa shape index (κ1) is 17.0. The molecule has 2 fully saturated rings. The van der Waals surface area contributed by atoms with E-state index >= 15 is 0 Å². The minimum Gasteiger partial charge on any atom is -0.364 e. The Labute approximate surface area is 164 Å². The fraction of sp³-hybridized carbons (Fsp3) is 0.364. The Hall–Kier alpha value is -2.17. The summed E-state index contributed by atoms with van der Waals surface area (Å²) in [6, 6.07) is 16.6. The van der Waals surface area contributed by atoms with Gasteiger partial charge in [-0.3, -0.25) is 0 Å². The Morgan fingerprint density at radius 3 is 2.52 bits per heavy atom. The highest BCUT2D eigenvalue weighted by Crippen LogP contribution is 2.33. The first-order valence-electron chi connectivity index (χ1n) is 9.76. The monoisotopic (exact) mass is 378 g/mol. The average molecular weight is 379 g/mol. The molecule has 0 bridgehead atoms. The third kappa shape index (κ3) is 3.64. The fourth-order valence-corrected chi connectivity index (χ4v) is 4.13. The first-order valence-corrected chi connectivity index (χ1v) is 10.1. The molecular weight excluding hydrogens is 356 g/mol. The zero-order valence-corrected chi connectivity index (χ0v) is 16.0. The Balaban J connectivity index is 1.42. The zero-order valence-electron chi connectivity index (χ0n) is 15.2. The topological polar surface area (TPSA) is 41.1 Å². The number of aromatic nitrogens is 2. The van der Waals surface area contributed by atoms with E-state index in [1.54, 1.807) is 0 Å². The molecule has 3 aromatic rings. The average Bonchev–Trinajstić information content (AvgIpc) is 3.40. The van der Waals surface area contributed by atoms with E-state index in [0.29, 0.717) is 6.04 Å². The van der Waals surface area contributed by atoms with E-state index in [2.05, 4.69) is 44.7 Å². The number of fused-ring (bicyclic) bond motifs is 1. The standard InChI is InChI=1S/C22H23ClN4/c23-17-9-7-16(8-10-17)21-19-3-1-2-4-20(19)22(26-25-21)24-18-11-12-27(14-18)13-15-5-6-15/h1-4,7-10,15,18H,5-6,11-14H2,(H,24,26). The van der Waals surface area contributed by atoms with Gasteiger partial charge in [0.25, 0.3) is 0 Å². The smallest absolute Gasteiger partial charge is 0.156 e. The predicted octanol–water partition coefficient (Wildman–Crippen LogP) is 4.85. The molecule has 1 aliphatic carbocycles. The van der Waals surface area contributed by atoms with Gasteiger partial charge in [0.15, 0.2) is 5.82 Å². The predicted molar refractivity (Wildman–Crippen MR) is 111 cm³/mol. The van der Waals surface area contributed by atoms with Crippen molar-refractivity contribution >= 4 is 28.2 Å². The van der Waals surface area contributed by atoms with Crippen LogP contribution in [0.1, 0.15) is 19.3 Å². The maximum atomic E-state index is 6.03. The quantitative estimate of drug-likeness (QED) is 0.689. The second-order valence-electron chi connectivity index (χ2n) is 7.78. The minimum absolute atomic E-state index is 0.447. The summed E-state index contributed by atoms with van der Waals surface area (Å²) in [5.41, 5.74) is 1.93. The molecule has 1 saturated heterocycles. The number of hydrogen-bond donors (Lipinski definition) is 1. The van der Waals surface area contributed by atoms with Gasteiger partial charge in [-0.25, -0.2) is 0 Å². The second kappa shape index (κ2) is 7.10. The molecule has 27 heavy (non-hydrogen) atoms. The lowest BCUT2D eigenvalue weighted by Crippen LogP contribution is -2.28. The van der Waals surface area contributed by atoms with Crippen LogP contribution in [0, 0.1) is 5.92 Å². The molecule has 4 nitrogen and oxygen atoms in total. The van der Waals surface area contributed by atoms with Gasteiger partial charge in [-0.15, -0.1) is 10.2 Å². The molecule has 1 aliphatic heterocycles. The highest BCUT2D eigenvalue weighted by molar-refractivity contribution is 6.30. The van der Waals surface area contributed by atoms with Crippen LogP contribution in [0.5, 0.6) is 0 Å². The number of hydrogen-bond acceptors (Lipinski definition) is 4. The van der Waals surface area contributed by atoms with Gasteiger partial charge in [-0.05, 0) is 37.3 Å². The van der Waals surface area contributed by atoms with Crippen LogP contribution in [0.3, 0.4) is 0 Å². The van der Waals surface area contributed by atoms with Crippen molar-refractivity contribution in [2.75, 3.05) is 25.0 Å². The van der Waals surface area contributed by atoms with Crippen molar-refractivity contribution in [3.63, 3.8) is 0 Å². The van der Waals surface area contributed by atoms with Crippen LogP contribution in [0.15, 0.2) is 48.5 Å². The van der Waals surface area contributed by atoms with Crippen molar-refractivity contribution in [1.29, 1.82) is 0 Å². The lowest BCUT2D eigenvalue weighted by Gasteiger charge is -2.17. The second-order valence-corrected chi connectivity index (χ2v) is 8.22. The largest absolute Gasteiger partial charge is 0.364 e. The lowest BCUT2D eigenvalue weighted by molar-refractivity contribution is 0.322. The van der Waals surface area contributed by atoms with Gasteiger partial charge >= 0.3 is 0 Å². The van der Waals surface area contributed by atoms with Crippen molar-refractivity contribution in [2.45, 2.75) is 25.3 Å². The molecule has 0 radical (unpaired) electrons. The van der Waals surface area contributed by atoms with E-state index in [-0.39, 0.29) is 0 Å². The van der Waals surface area contributed by atoms with Crippen molar-refractivity contribution in [3.05, 3.63) is 53.6 Å². The molecule has 5 rings (SSSR count). The van der Waals surface area contributed by atoms with Gasteiger partial charge in [0.05, 0.1) is 0 Å². The molecule has 2 aromatic carbocycles. The van der Waals surface area contributed by atoms with Crippen LogP contribution < -0.4 is 5.32 Å². The highest BCUT2D eigenvalue weighted by atomic mass is 35.5. The normalized spacial score (nSPS) is 20.3. The Morgan fingerprint density at radius 1 is 0.963 bits per heavy atom. The van der Waals surface area contributed by atoms with Gasteiger partial charge in [0, 0.05) is 47.0 Å². The number of nitrogens with zero attached hydrogens (tertiary/aromatic N) is 3. The van der Waals surface area contributed by atoms with E-state index in [1.807, 2.05) is 24.3 Å². The van der Waals surface area contributed by atoms with Gasteiger partial charge in [-0.1, -0.05) is 48.0 Å². The van der Waals surface area contributed by atoms with Crippen molar-refractivity contribution < 1.29 is 0 Å². The third-order valence-corrected chi connectivity index (χ3v) is 5.88. The summed E-state index contributed by atoms with van der Waals surface area (Å²) in [6.07, 6.45) is 4.00. The van der Waals surface area contributed by atoms with Gasteiger partial charge in [0.2, 0.25) is 0 Å². The van der Waals surface area contributed by atoms with Crippen LogP contribution in [0.25, 0.3) is 22.0 Å². The number of halogens is 1. The number of nitrogens with one attached hydrogen (secondary N) is 1.